The van der Waals surface area contributed by atoms with Gasteiger partial charge >= 0.3 is 0 Å². The summed E-state index contributed by atoms with van der Waals surface area (Å²) in [6.45, 7) is 4.46. The molecule has 0 atom stereocenters. The lowest BCUT2D eigenvalue weighted by molar-refractivity contribution is -0.115. The zero-order chi connectivity index (χ0) is 22.5. The second-order valence-corrected chi connectivity index (χ2v) is 7.43. The van der Waals surface area contributed by atoms with Gasteiger partial charge in [0.1, 0.15) is 17.0 Å². The highest BCUT2D eigenvalue weighted by molar-refractivity contribution is 6.14. The van der Waals surface area contributed by atoms with Gasteiger partial charge < -0.3 is 19.8 Å². The van der Waals surface area contributed by atoms with Crippen LogP contribution in [0.2, 0.25) is 0 Å². The van der Waals surface area contributed by atoms with Gasteiger partial charge in [0.25, 0.3) is 5.91 Å². The quantitative estimate of drug-likeness (QED) is 0.403. The first-order valence-corrected chi connectivity index (χ1v) is 10.4. The fourth-order valence-electron chi connectivity index (χ4n) is 3.51. The highest BCUT2D eigenvalue weighted by Crippen LogP contribution is 2.32. The summed E-state index contributed by atoms with van der Waals surface area (Å²) < 4.78 is 11.2. The van der Waals surface area contributed by atoms with Crippen LogP contribution in [0.4, 0.5) is 11.4 Å². The van der Waals surface area contributed by atoms with E-state index in [1.165, 1.54) is 0 Å². The molecule has 0 aliphatic rings. The average molecular weight is 428 g/mol. The zero-order valence-corrected chi connectivity index (χ0v) is 18.0. The molecule has 1 heterocycles. The molecule has 1 aromatic heterocycles. The van der Waals surface area contributed by atoms with Crippen molar-refractivity contribution in [3.05, 3.63) is 89.7 Å². The third kappa shape index (κ3) is 4.81. The Kier molecular flexibility index (Phi) is 6.22. The van der Waals surface area contributed by atoms with Crippen molar-refractivity contribution in [3.63, 3.8) is 0 Å². The van der Waals surface area contributed by atoms with Gasteiger partial charge in [-0.05, 0) is 55.8 Å². The maximum absolute atomic E-state index is 13.0. The van der Waals surface area contributed by atoms with E-state index in [9.17, 15) is 9.59 Å². The fraction of sp³-hybridized carbons (Fsp3) is 0.154. The van der Waals surface area contributed by atoms with Gasteiger partial charge in [0.2, 0.25) is 11.7 Å². The first-order chi connectivity index (χ1) is 15.5. The molecule has 0 saturated carbocycles. The number of furan rings is 1. The molecule has 0 saturated heterocycles. The number of carbonyl (C=O) groups excluding carboxylic acids is 2. The first kappa shape index (κ1) is 21.2. The monoisotopic (exact) mass is 428 g/mol. The molecule has 6 heteroatoms. The van der Waals surface area contributed by atoms with Crippen molar-refractivity contribution in [2.75, 3.05) is 17.2 Å². The Hall–Kier alpha value is -4.06. The van der Waals surface area contributed by atoms with E-state index in [-0.39, 0.29) is 18.1 Å². The molecule has 0 aliphatic carbocycles. The number of hydrogen-bond donors (Lipinski definition) is 2. The minimum absolute atomic E-state index is 0.0534. The van der Waals surface area contributed by atoms with Crippen LogP contribution in [0.5, 0.6) is 5.75 Å². The van der Waals surface area contributed by atoms with Crippen LogP contribution in [0.1, 0.15) is 28.6 Å². The minimum atomic E-state index is -0.448. The largest absolute Gasteiger partial charge is 0.494 e. The number of rotatable bonds is 7. The molecule has 0 unspecified atom stereocenters. The second-order valence-electron chi connectivity index (χ2n) is 7.43. The van der Waals surface area contributed by atoms with Crippen LogP contribution in [0.3, 0.4) is 0 Å². The number of fused-ring (bicyclic) bond motifs is 1. The highest BCUT2D eigenvalue weighted by Gasteiger charge is 2.22. The van der Waals surface area contributed by atoms with E-state index in [1.807, 2.05) is 56.3 Å². The van der Waals surface area contributed by atoms with Gasteiger partial charge in [-0.1, -0.05) is 42.0 Å². The molecule has 0 aliphatic heterocycles. The first-order valence-electron chi connectivity index (χ1n) is 10.4. The SMILES string of the molecule is CCOc1ccc(NC(=O)c2oc3ccccc3c2NC(=O)Cc2cccc(C)c2)cc1. The molecule has 0 bridgehead atoms. The molecule has 2 amide bonds. The Balaban J connectivity index is 1.58. The summed E-state index contributed by atoms with van der Waals surface area (Å²) in [6, 6.07) is 22.1. The van der Waals surface area contributed by atoms with E-state index in [0.29, 0.717) is 29.0 Å². The predicted molar refractivity (Wildman–Crippen MR) is 125 cm³/mol. The number of nitrogens with one attached hydrogen (secondary N) is 2. The second kappa shape index (κ2) is 9.39. The predicted octanol–water partition coefficient (Wildman–Crippen LogP) is 5.57. The van der Waals surface area contributed by atoms with Crippen LogP contribution in [0, 0.1) is 6.92 Å². The van der Waals surface area contributed by atoms with Gasteiger partial charge in [-0.15, -0.1) is 0 Å². The van der Waals surface area contributed by atoms with Crippen LogP contribution >= 0.6 is 0 Å². The summed E-state index contributed by atoms with van der Waals surface area (Å²) >= 11 is 0. The van der Waals surface area contributed by atoms with Crippen molar-refractivity contribution in [1.29, 1.82) is 0 Å². The van der Waals surface area contributed by atoms with E-state index in [0.717, 1.165) is 16.9 Å². The molecular weight excluding hydrogens is 404 g/mol. The van der Waals surface area contributed by atoms with Crippen molar-refractivity contribution in [1.82, 2.24) is 0 Å². The van der Waals surface area contributed by atoms with Crippen LogP contribution in [0.15, 0.2) is 77.2 Å². The van der Waals surface area contributed by atoms with Crippen LogP contribution < -0.4 is 15.4 Å². The summed E-state index contributed by atoms with van der Waals surface area (Å²) in [5.41, 5.74) is 3.46. The molecule has 4 aromatic rings. The minimum Gasteiger partial charge on any atom is -0.494 e. The third-order valence-corrected chi connectivity index (χ3v) is 4.94. The Bertz CT molecular complexity index is 1260. The van der Waals surface area contributed by atoms with Crippen molar-refractivity contribution in [2.24, 2.45) is 0 Å². The van der Waals surface area contributed by atoms with E-state index in [1.54, 1.807) is 30.3 Å². The molecule has 0 fully saturated rings. The number of carbonyl (C=O) groups is 2. The normalized spacial score (nSPS) is 10.7. The van der Waals surface area contributed by atoms with Gasteiger partial charge in [-0.25, -0.2) is 0 Å². The van der Waals surface area contributed by atoms with Crippen LogP contribution in [-0.2, 0) is 11.2 Å². The van der Waals surface area contributed by atoms with E-state index in [4.69, 9.17) is 9.15 Å². The lowest BCUT2D eigenvalue weighted by atomic mass is 10.1. The molecule has 6 nitrogen and oxygen atoms in total. The molecule has 0 radical (unpaired) electrons. The Morgan fingerprint density at radius 3 is 2.47 bits per heavy atom. The zero-order valence-electron chi connectivity index (χ0n) is 18.0. The number of para-hydroxylation sites is 1. The number of benzene rings is 3. The van der Waals surface area contributed by atoms with E-state index >= 15 is 0 Å². The maximum atomic E-state index is 13.0. The number of amides is 2. The number of anilines is 2. The van der Waals surface area contributed by atoms with Crippen molar-refractivity contribution < 1.29 is 18.7 Å². The van der Waals surface area contributed by atoms with Gasteiger partial charge in [-0.3, -0.25) is 9.59 Å². The van der Waals surface area contributed by atoms with Gasteiger partial charge in [0.05, 0.1) is 13.0 Å². The lowest BCUT2D eigenvalue weighted by Crippen LogP contribution is -2.18. The Morgan fingerprint density at radius 2 is 1.72 bits per heavy atom. The molecule has 162 valence electrons. The molecule has 2 N–H and O–H groups in total. The molecule has 0 spiro atoms. The molecule has 4 rings (SSSR count). The van der Waals surface area contributed by atoms with Gasteiger partial charge in [-0.2, -0.15) is 0 Å². The van der Waals surface area contributed by atoms with Crippen LogP contribution in [-0.4, -0.2) is 18.4 Å². The average Bonchev–Trinajstić information content (AvgIpc) is 3.14. The molecule has 3 aromatic carbocycles. The smallest absolute Gasteiger partial charge is 0.293 e. The Morgan fingerprint density at radius 1 is 0.938 bits per heavy atom. The standard InChI is InChI=1S/C26H24N2O4/c1-3-31-20-13-11-19(12-14-20)27-26(30)25-24(21-9-4-5-10-22(21)32-25)28-23(29)16-18-8-6-7-17(2)15-18/h4-15H,3,16H2,1-2H3,(H,27,30)(H,28,29). The van der Waals surface area contributed by atoms with E-state index < -0.39 is 5.91 Å². The topological polar surface area (TPSA) is 80.6 Å². The van der Waals surface area contributed by atoms with Crippen molar-refractivity contribution in [3.8, 4) is 5.75 Å². The molecular formula is C26H24N2O4. The summed E-state index contributed by atoms with van der Waals surface area (Å²) in [6.07, 6.45) is 0.196. The van der Waals surface area contributed by atoms with E-state index in [2.05, 4.69) is 10.6 Å². The van der Waals surface area contributed by atoms with Crippen LogP contribution in [0.25, 0.3) is 11.0 Å². The summed E-state index contributed by atoms with van der Waals surface area (Å²) in [5, 5.41) is 6.37. The number of aryl methyl sites for hydroxylation is 1. The highest BCUT2D eigenvalue weighted by atomic mass is 16.5. The molecule has 32 heavy (non-hydrogen) atoms. The van der Waals surface area contributed by atoms with Gasteiger partial charge in [0.15, 0.2) is 0 Å². The lowest BCUT2D eigenvalue weighted by Gasteiger charge is -2.09. The van der Waals surface area contributed by atoms with Gasteiger partial charge in [0, 0.05) is 11.1 Å². The number of hydrogen-bond acceptors (Lipinski definition) is 4. The summed E-state index contributed by atoms with van der Waals surface area (Å²) in [5.74, 6) is 0.101. The maximum Gasteiger partial charge on any atom is 0.293 e. The third-order valence-electron chi connectivity index (χ3n) is 4.94. The van der Waals surface area contributed by atoms with Crippen molar-refractivity contribution >= 4 is 34.2 Å². The fourth-order valence-corrected chi connectivity index (χ4v) is 3.51. The summed E-state index contributed by atoms with van der Waals surface area (Å²) in [7, 11) is 0. The number of ether oxygens (including phenoxy) is 1. The Labute approximate surface area is 186 Å². The summed E-state index contributed by atoms with van der Waals surface area (Å²) in [4.78, 5) is 25.8. The van der Waals surface area contributed by atoms with Crippen molar-refractivity contribution in [2.45, 2.75) is 20.3 Å².